The zero-order chi connectivity index (χ0) is 18.0. The molecule has 0 amide bonds. The first-order valence-corrected chi connectivity index (χ1v) is 10.2. The van der Waals surface area contributed by atoms with E-state index in [4.69, 9.17) is 9.78 Å². The van der Waals surface area contributed by atoms with Gasteiger partial charge in [-0.25, -0.2) is 9.78 Å². The highest BCUT2D eigenvalue weighted by atomic mass is 17.2. The normalized spacial score (nSPS) is 33.0. The minimum atomic E-state index is 0.442. The maximum atomic E-state index is 5.78. The van der Waals surface area contributed by atoms with E-state index in [9.17, 15) is 0 Å². The van der Waals surface area contributed by atoms with Gasteiger partial charge in [0.2, 0.25) is 0 Å². The van der Waals surface area contributed by atoms with Crippen molar-refractivity contribution in [3.63, 3.8) is 0 Å². The van der Waals surface area contributed by atoms with Gasteiger partial charge in [-0.05, 0) is 85.9 Å². The summed E-state index contributed by atoms with van der Waals surface area (Å²) < 4.78 is 0. The second-order valence-corrected chi connectivity index (χ2v) is 10.5. The molecular formula is C22H41O2. The molecule has 2 aliphatic carbocycles. The number of hydrogen-bond acceptors (Lipinski definition) is 2. The van der Waals surface area contributed by atoms with E-state index in [0.29, 0.717) is 22.7 Å². The summed E-state index contributed by atoms with van der Waals surface area (Å²) in [6.07, 6.45) is 11.7. The molecule has 0 unspecified atom stereocenters. The van der Waals surface area contributed by atoms with E-state index >= 15 is 0 Å². The van der Waals surface area contributed by atoms with E-state index in [1.54, 1.807) is 7.11 Å². The summed E-state index contributed by atoms with van der Waals surface area (Å²) in [4.78, 5) is 10.9. The first-order valence-electron chi connectivity index (χ1n) is 10.2. The summed E-state index contributed by atoms with van der Waals surface area (Å²) in [6.45, 7) is 14.3. The molecule has 2 saturated carbocycles. The lowest BCUT2D eigenvalue weighted by atomic mass is 9.64. The molecule has 141 valence electrons. The Bertz CT molecular complexity index is 326. The van der Waals surface area contributed by atoms with Crippen molar-refractivity contribution in [3.05, 3.63) is 6.10 Å². The lowest BCUT2D eigenvalue weighted by Crippen LogP contribution is -2.34. The van der Waals surface area contributed by atoms with Crippen LogP contribution < -0.4 is 0 Å². The Morgan fingerprint density at radius 3 is 1.21 bits per heavy atom. The molecule has 0 spiro atoms. The van der Waals surface area contributed by atoms with Gasteiger partial charge < -0.3 is 0 Å². The lowest BCUT2D eigenvalue weighted by molar-refractivity contribution is -0.285. The van der Waals surface area contributed by atoms with Crippen LogP contribution in [0.25, 0.3) is 0 Å². The Morgan fingerprint density at radius 1 is 0.625 bits per heavy atom. The van der Waals surface area contributed by atoms with Crippen molar-refractivity contribution in [2.45, 2.75) is 92.9 Å². The maximum Gasteiger partial charge on any atom is 0.142 e. The van der Waals surface area contributed by atoms with Crippen LogP contribution in [0, 0.1) is 40.6 Å². The quantitative estimate of drug-likeness (QED) is 0.415. The molecule has 2 fully saturated rings. The predicted molar refractivity (Wildman–Crippen MR) is 101 cm³/mol. The molecule has 2 rings (SSSR count). The van der Waals surface area contributed by atoms with Gasteiger partial charge in [-0.2, -0.15) is 0 Å². The minimum absolute atomic E-state index is 0.442. The molecule has 0 saturated heterocycles. The molecule has 2 heteroatoms. The highest BCUT2D eigenvalue weighted by molar-refractivity contribution is 4.98. The third kappa shape index (κ3) is 5.21. The highest BCUT2D eigenvalue weighted by Gasteiger charge is 2.40. The summed E-state index contributed by atoms with van der Waals surface area (Å²) >= 11 is 0. The molecule has 0 heterocycles. The zero-order valence-corrected chi connectivity index (χ0v) is 17.3. The van der Waals surface area contributed by atoms with Crippen LogP contribution in [-0.4, -0.2) is 7.11 Å². The van der Waals surface area contributed by atoms with Gasteiger partial charge in [0.15, 0.2) is 0 Å². The van der Waals surface area contributed by atoms with Crippen molar-refractivity contribution < 1.29 is 9.78 Å². The third-order valence-electron chi connectivity index (χ3n) is 6.89. The average molecular weight is 338 g/mol. The van der Waals surface area contributed by atoms with Gasteiger partial charge in [0.05, 0.1) is 7.11 Å². The summed E-state index contributed by atoms with van der Waals surface area (Å²) in [5, 5.41) is 0. The van der Waals surface area contributed by atoms with Crippen LogP contribution in [0.15, 0.2) is 0 Å². The minimum Gasteiger partial charge on any atom is -0.239 e. The molecule has 0 aliphatic heterocycles. The van der Waals surface area contributed by atoms with Crippen molar-refractivity contribution in [2.24, 2.45) is 34.5 Å². The van der Waals surface area contributed by atoms with Crippen molar-refractivity contribution in [2.75, 3.05) is 7.11 Å². The monoisotopic (exact) mass is 337 g/mol. The molecule has 0 aromatic rings. The summed E-state index contributed by atoms with van der Waals surface area (Å²) in [6, 6.07) is 0. The number of rotatable bonds is 4. The molecule has 0 aromatic carbocycles. The van der Waals surface area contributed by atoms with E-state index in [1.807, 2.05) is 0 Å². The largest absolute Gasteiger partial charge is 0.239 e. The Balaban J connectivity index is 1.91. The Labute approximate surface area is 151 Å². The third-order valence-corrected chi connectivity index (χ3v) is 6.89. The van der Waals surface area contributed by atoms with Crippen LogP contribution in [0.5, 0.6) is 0 Å². The second kappa shape index (κ2) is 8.08. The van der Waals surface area contributed by atoms with Gasteiger partial charge in [0, 0.05) is 0 Å². The topological polar surface area (TPSA) is 18.5 Å². The smallest absolute Gasteiger partial charge is 0.142 e. The fourth-order valence-corrected chi connectivity index (χ4v) is 5.05. The van der Waals surface area contributed by atoms with E-state index in [0.717, 1.165) is 11.8 Å². The van der Waals surface area contributed by atoms with E-state index < -0.39 is 0 Å². The standard InChI is InChI=1S/C22H41O2/c1-21(2,3)18-12-8-16(9-13-18)20(24-23-7)17-10-14-19(15-11-17)22(4,5)6/h16-19H,8-15H2,1-7H3. The number of hydrogen-bond donors (Lipinski definition) is 0. The van der Waals surface area contributed by atoms with Gasteiger partial charge in [0.25, 0.3) is 0 Å². The van der Waals surface area contributed by atoms with Gasteiger partial charge in [-0.15, -0.1) is 0 Å². The Hall–Kier alpha value is -0.0800. The first-order chi connectivity index (χ1) is 11.1. The summed E-state index contributed by atoms with van der Waals surface area (Å²) in [7, 11) is 1.67. The molecule has 24 heavy (non-hydrogen) atoms. The fourth-order valence-electron chi connectivity index (χ4n) is 5.05. The molecule has 1 radical (unpaired) electrons. The maximum absolute atomic E-state index is 5.78. The van der Waals surface area contributed by atoms with Crippen molar-refractivity contribution >= 4 is 0 Å². The first kappa shape index (κ1) is 20.2. The molecule has 2 aliphatic rings. The van der Waals surface area contributed by atoms with Gasteiger partial charge in [-0.3, -0.25) is 0 Å². The van der Waals surface area contributed by atoms with Crippen molar-refractivity contribution in [3.8, 4) is 0 Å². The van der Waals surface area contributed by atoms with E-state index in [2.05, 4.69) is 41.5 Å². The summed E-state index contributed by atoms with van der Waals surface area (Å²) in [5.41, 5.74) is 0.885. The molecule has 0 aromatic heterocycles. The molecular weight excluding hydrogens is 296 g/mol. The summed E-state index contributed by atoms with van der Waals surface area (Å²) in [5.74, 6) is 2.93. The lowest BCUT2D eigenvalue weighted by Gasteiger charge is -2.43. The molecule has 0 bridgehead atoms. The SMILES string of the molecule is COO[C](C1CCC(C(C)(C)C)CC1)C1CCC(C(C)(C)C)CC1. The zero-order valence-electron chi connectivity index (χ0n) is 17.3. The molecule has 0 atom stereocenters. The highest BCUT2D eigenvalue weighted by Crippen LogP contribution is 2.49. The average Bonchev–Trinajstić information content (AvgIpc) is 2.51. The van der Waals surface area contributed by atoms with Crippen LogP contribution in [0.2, 0.25) is 0 Å². The van der Waals surface area contributed by atoms with Gasteiger partial charge in [-0.1, -0.05) is 41.5 Å². The van der Waals surface area contributed by atoms with Crippen LogP contribution in [0.4, 0.5) is 0 Å². The van der Waals surface area contributed by atoms with Gasteiger partial charge in [0.1, 0.15) is 6.10 Å². The second-order valence-electron chi connectivity index (χ2n) is 10.5. The molecule has 2 nitrogen and oxygen atoms in total. The predicted octanol–water partition coefficient (Wildman–Crippen LogP) is 6.80. The van der Waals surface area contributed by atoms with E-state index in [-0.39, 0.29) is 0 Å². The van der Waals surface area contributed by atoms with Crippen molar-refractivity contribution in [1.29, 1.82) is 0 Å². The van der Waals surface area contributed by atoms with Crippen LogP contribution in [0.3, 0.4) is 0 Å². The fraction of sp³-hybridized carbons (Fsp3) is 0.955. The van der Waals surface area contributed by atoms with Crippen molar-refractivity contribution in [1.82, 2.24) is 0 Å². The van der Waals surface area contributed by atoms with Gasteiger partial charge >= 0.3 is 0 Å². The van der Waals surface area contributed by atoms with Crippen LogP contribution in [-0.2, 0) is 9.78 Å². The van der Waals surface area contributed by atoms with Crippen LogP contribution >= 0.6 is 0 Å². The van der Waals surface area contributed by atoms with E-state index in [1.165, 1.54) is 57.5 Å². The van der Waals surface area contributed by atoms with Crippen LogP contribution in [0.1, 0.15) is 92.9 Å². The Kier molecular flexibility index (Phi) is 6.81. The Morgan fingerprint density at radius 2 is 0.958 bits per heavy atom. The molecule has 0 N–H and O–H groups in total.